The van der Waals surface area contributed by atoms with Crippen molar-refractivity contribution in [2.24, 2.45) is 0 Å². The number of para-hydroxylation sites is 1. The van der Waals surface area contributed by atoms with Crippen LogP contribution in [-0.4, -0.2) is 36.3 Å². The normalized spacial score (nSPS) is 13.4. The zero-order valence-corrected chi connectivity index (χ0v) is 18.2. The van der Waals surface area contributed by atoms with Gasteiger partial charge in [0.05, 0.1) is 10.7 Å². The Kier molecular flexibility index (Phi) is 5.32. The molecule has 0 saturated heterocycles. The van der Waals surface area contributed by atoms with Gasteiger partial charge in [0.2, 0.25) is 5.91 Å². The molecular weight excluding hydrogens is 452 g/mol. The molecule has 1 fully saturated rings. The van der Waals surface area contributed by atoms with Gasteiger partial charge in [-0.1, -0.05) is 41.6 Å². The minimum atomic E-state index is -0.578. The number of nitrogens with zero attached hydrogens (tertiary/aromatic N) is 4. The van der Waals surface area contributed by atoms with E-state index in [0.717, 1.165) is 35.1 Å². The van der Waals surface area contributed by atoms with E-state index in [-0.39, 0.29) is 28.1 Å². The molecule has 2 aromatic heterocycles. The molecular formula is C21H17ClN6O3S. The highest BCUT2D eigenvalue weighted by Gasteiger charge is 2.31. The number of aromatic nitrogens is 4. The van der Waals surface area contributed by atoms with Gasteiger partial charge in [-0.05, 0) is 31.0 Å². The number of nitro groups is 1. The van der Waals surface area contributed by atoms with E-state index in [1.807, 2.05) is 30.5 Å². The summed E-state index contributed by atoms with van der Waals surface area (Å²) in [6, 6.07) is 12.4. The van der Waals surface area contributed by atoms with E-state index in [2.05, 4.69) is 25.1 Å². The van der Waals surface area contributed by atoms with Crippen LogP contribution < -0.4 is 5.32 Å². The van der Waals surface area contributed by atoms with E-state index in [4.69, 9.17) is 11.6 Å². The van der Waals surface area contributed by atoms with Gasteiger partial charge in [-0.15, -0.1) is 10.2 Å². The number of thioether (sulfide) groups is 1. The molecule has 0 spiro atoms. The summed E-state index contributed by atoms with van der Waals surface area (Å²) in [5.41, 5.74) is 1.84. The second kappa shape index (κ2) is 8.29. The van der Waals surface area contributed by atoms with Crippen molar-refractivity contribution >= 4 is 51.5 Å². The second-order valence-electron chi connectivity index (χ2n) is 7.41. The number of hydrogen-bond donors (Lipinski definition) is 2. The number of halogens is 1. The van der Waals surface area contributed by atoms with Crippen molar-refractivity contribution in [3.8, 4) is 11.4 Å². The fraction of sp³-hybridized carbons (Fsp3) is 0.190. The van der Waals surface area contributed by atoms with Crippen molar-refractivity contribution in [2.75, 3.05) is 11.1 Å². The Morgan fingerprint density at radius 1 is 1.28 bits per heavy atom. The molecule has 1 aliphatic carbocycles. The SMILES string of the molecule is O=C(CSc1nnc(-c2c[nH]c3ccccc23)n1C1CC1)Nc1ccc(Cl)cc1[N+](=O)[O-]. The molecule has 1 saturated carbocycles. The zero-order chi connectivity index (χ0) is 22.2. The Morgan fingerprint density at radius 3 is 2.88 bits per heavy atom. The predicted molar refractivity (Wildman–Crippen MR) is 123 cm³/mol. The van der Waals surface area contributed by atoms with Crippen LogP contribution in [0.4, 0.5) is 11.4 Å². The fourth-order valence-corrected chi connectivity index (χ4v) is 4.53. The summed E-state index contributed by atoms with van der Waals surface area (Å²) in [7, 11) is 0. The zero-order valence-electron chi connectivity index (χ0n) is 16.6. The van der Waals surface area contributed by atoms with Crippen molar-refractivity contribution in [1.29, 1.82) is 0 Å². The number of carbonyl (C=O) groups excluding carboxylic acids is 1. The molecule has 0 radical (unpaired) electrons. The molecule has 11 heteroatoms. The summed E-state index contributed by atoms with van der Waals surface area (Å²) >= 11 is 7.09. The summed E-state index contributed by atoms with van der Waals surface area (Å²) in [6.45, 7) is 0. The first-order valence-corrected chi connectivity index (χ1v) is 11.3. The molecule has 4 aromatic rings. The van der Waals surface area contributed by atoms with Crippen LogP contribution in [0.5, 0.6) is 0 Å². The first kappa shape index (κ1) is 20.5. The average Bonchev–Trinajstić information content (AvgIpc) is 3.39. The van der Waals surface area contributed by atoms with E-state index >= 15 is 0 Å². The van der Waals surface area contributed by atoms with E-state index in [0.29, 0.717) is 11.2 Å². The van der Waals surface area contributed by atoms with Crippen LogP contribution in [0.15, 0.2) is 53.8 Å². The van der Waals surface area contributed by atoms with E-state index in [1.165, 1.54) is 30.0 Å². The molecule has 162 valence electrons. The average molecular weight is 469 g/mol. The Balaban J connectivity index is 1.36. The third-order valence-electron chi connectivity index (χ3n) is 5.17. The number of H-pyrrole nitrogens is 1. The number of nitrogens with one attached hydrogen (secondary N) is 2. The standard InChI is InChI=1S/C21H17ClN6O3S/c22-12-5-8-17(18(9-12)28(30)31)24-19(29)11-32-21-26-25-20(27(21)13-6-7-13)15-10-23-16-4-2-1-3-14(15)16/h1-5,8-10,13,23H,6-7,11H2,(H,24,29). The van der Waals surface area contributed by atoms with Crippen LogP contribution in [0.1, 0.15) is 18.9 Å². The van der Waals surface area contributed by atoms with E-state index in [1.54, 1.807) is 0 Å². The summed E-state index contributed by atoms with van der Waals surface area (Å²) in [6.07, 6.45) is 3.99. The molecule has 1 aliphatic rings. The van der Waals surface area contributed by atoms with Crippen molar-refractivity contribution in [2.45, 2.75) is 24.0 Å². The Bertz CT molecular complexity index is 1350. The maximum Gasteiger partial charge on any atom is 0.294 e. The summed E-state index contributed by atoms with van der Waals surface area (Å²) in [4.78, 5) is 26.4. The maximum atomic E-state index is 12.5. The number of rotatable bonds is 7. The van der Waals surface area contributed by atoms with Gasteiger partial charge < -0.3 is 10.3 Å². The molecule has 2 aromatic carbocycles. The summed E-state index contributed by atoms with van der Waals surface area (Å²) < 4.78 is 2.08. The Morgan fingerprint density at radius 2 is 2.09 bits per heavy atom. The van der Waals surface area contributed by atoms with Crippen LogP contribution in [0, 0.1) is 10.1 Å². The predicted octanol–water partition coefficient (Wildman–Crippen LogP) is 5.05. The van der Waals surface area contributed by atoms with E-state index < -0.39 is 4.92 Å². The molecule has 0 unspecified atom stereocenters. The lowest BCUT2D eigenvalue weighted by atomic mass is 10.1. The lowest BCUT2D eigenvalue weighted by Crippen LogP contribution is -2.15. The first-order valence-electron chi connectivity index (χ1n) is 9.89. The third-order valence-corrected chi connectivity index (χ3v) is 6.35. The summed E-state index contributed by atoms with van der Waals surface area (Å²) in [5, 5.41) is 24.5. The minimum Gasteiger partial charge on any atom is -0.360 e. The quantitative estimate of drug-likeness (QED) is 0.222. The highest BCUT2D eigenvalue weighted by molar-refractivity contribution is 7.99. The lowest BCUT2D eigenvalue weighted by Gasteiger charge is -2.09. The smallest absolute Gasteiger partial charge is 0.294 e. The van der Waals surface area contributed by atoms with E-state index in [9.17, 15) is 14.9 Å². The Labute approximate surface area is 191 Å². The lowest BCUT2D eigenvalue weighted by molar-refractivity contribution is -0.383. The number of fused-ring (bicyclic) bond motifs is 1. The summed E-state index contributed by atoms with van der Waals surface area (Å²) in [5.74, 6) is 0.430. The van der Waals surface area contributed by atoms with Crippen LogP contribution in [-0.2, 0) is 4.79 Å². The first-order chi connectivity index (χ1) is 15.5. The van der Waals surface area contributed by atoms with Crippen LogP contribution in [0.3, 0.4) is 0 Å². The molecule has 9 nitrogen and oxygen atoms in total. The van der Waals surface area contributed by atoms with Crippen molar-refractivity contribution in [1.82, 2.24) is 19.7 Å². The number of benzene rings is 2. The Hall–Kier alpha value is -3.37. The van der Waals surface area contributed by atoms with Crippen molar-refractivity contribution < 1.29 is 9.72 Å². The van der Waals surface area contributed by atoms with Gasteiger partial charge >= 0.3 is 0 Å². The highest BCUT2D eigenvalue weighted by atomic mass is 35.5. The largest absolute Gasteiger partial charge is 0.360 e. The van der Waals surface area contributed by atoms with Gasteiger partial charge in [0, 0.05) is 39.8 Å². The topological polar surface area (TPSA) is 119 Å². The molecule has 0 atom stereocenters. The molecule has 32 heavy (non-hydrogen) atoms. The molecule has 2 heterocycles. The van der Waals surface area contributed by atoms with Crippen LogP contribution >= 0.6 is 23.4 Å². The monoisotopic (exact) mass is 468 g/mol. The third kappa shape index (κ3) is 3.94. The number of aromatic amines is 1. The van der Waals surface area contributed by atoms with Gasteiger partial charge in [-0.2, -0.15) is 0 Å². The van der Waals surface area contributed by atoms with Gasteiger partial charge in [0.15, 0.2) is 11.0 Å². The number of nitro benzene ring substituents is 1. The van der Waals surface area contributed by atoms with Crippen molar-refractivity contribution in [3.05, 3.63) is 63.8 Å². The molecule has 5 rings (SSSR count). The van der Waals surface area contributed by atoms with Crippen molar-refractivity contribution in [3.63, 3.8) is 0 Å². The van der Waals surface area contributed by atoms with Gasteiger partial charge in [-0.25, -0.2) is 0 Å². The van der Waals surface area contributed by atoms with Crippen LogP contribution in [0.25, 0.3) is 22.3 Å². The van der Waals surface area contributed by atoms with Gasteiger partial charge in [-0.3, -0.25) is 19.5 Å². The van der Waals surface area contributed by atoms with Gasteiger partial charge in [0.1, 0.15) is 5.69 Å². The minimum absolute atomic E-state index is 0.0402. The number of hydrogen-bond acceptors (Lipinski definition) is 6. The second-order valence-corrected chi connectivity index (χ2v) is 8.79. The molecule has 2 N–H and O–H groups in total. The number of carbonyl (C=O) groups is 1. The fourth-order valence-electron chi connectivity index (χ4n) is 3.56. The number of amides is 1. The molecule has 1 amide bonds. The van der Waals surface area contributed by atoms with Gasteiger partial charge in [0.25, 0.3) is 5.69 Å². The molecule has 0 aliphatic heterocycles. The van der Waals surface area contributed by atoms with Crippen LogP contribution in [0.2, 0.25) is 5.02 Å². The molecule has 0 bridgehead atoms. The maximum absolute atomic E-state index is 12.5. The number of anilines is 1. The highest BCUT2D eigenvalue weighted by Crippen LogP contribution is 2.42.